The monoisotopic (exact) mass is 524 g/mol. The lowest BCUT2D eigenvalue weighted by atomic mass is 10.0. The van der Waals surface area contributed by atoms with E-state index in [9.17, 15) is 14.7 Å². The normalized spacial score (nSPS) is 12.5. The summed E-state index contributed by atoms with van der Waals surface area (Å²) in [7, 11) is 3.49. The molecule has 5 aromatic rings. The number of ether oxygens (including phenoxy) is 3. The molecule has 3 aromatic heterocycles. The predicted octanol–water partition coefficient (Wildman–Crippen LogP) is 4.36. The number of carbonyl (C=O) groups excluding carboxylic acids is 1. The number of amides is 1. The second kappa shape index (κ2) is 9.56. The Morgan fingerprint density at radius 2 is 2.03 bits per heavy atom. The van der Waals surface area contributed by atoms with Gasteiger partial charge in [-0.15, -0.1) is 0 Å². The van der Waals surface area contributed by atoms with Crippen LogP contribution >= 0.6 is 0 Å². The number of nitrogens with one attached hydrogen (secondary N) is 2. The number of methoxy groups -OCH3 is 1. The van der Waals surface area contributed by atoms with Crippen molar-refractivity contribution in [2.75, 3.05) is 20.3 Å². The highest BCUT2D eigenvalue weighted by Crippen LogP contribution is 2.39. The molecule has 0 saturated carbocycles. The van der Waals surface area contributed by atoms with Crippen LogP contribution < -0.4 is 19.5 Å². The molecule has 0 radical (unpaired) electrons. The van der Waals surface area contributed by atoms with E-state index in [4.69, 9.17) is 14.2 Å². The van der Waals surface area contributed by atoms with Gasteiger partial charge in [-0.05, 0) is 42.5 Å². The number of aromatic amines is 1. The van der Waals surface area contributed by atoms with Crippen molar-refractivity contribution in [1.29, 1.82) is 0 Å². The number of aryl methyl sites for hydroxylation is 1. The Balaban J connectivity index is 1.24. The minimum atomic E-state index is -1.10. The molecule has 3 N–H and O–H groups in total. The molecular formula is C29H24N4O6. The van der Waals surface area contributed by atoms with Crippen molar-refractivity contribution in [2.45, 2.75) is 0 Å². The minimum absolute atomic E-state index is 0.0345. The number of para-hydroxylation sites is 1. The Hall–Kier alpha value is -5.25. The second-order valence-electron chi connectivity index (χ2n) is 9.05. The number of pyridine rings is 1. The number of hydrogen-bond acceptors (Lipinski definition) is 6. The molecule has 2 aromatic carbocycles. The van der Waals surface area contributed by atoms with E-state index in [0.717, 1.165) is 33.2 Å². The van der Waals surface area contributed by atoms with Crippen molar-refractivity contribution >= 4 is 39.5 Å². The lowest BCUT2D eigenvalue weighted by Crippen LogP contribution is -2.29. The highest BCUT2D eigenvalue weighted by molar-refractivity contribution is 6.00. The molecule has 0 bridgehead atoms. The molecule has 39 heavy (non-hydrogen) atoms. The first-order valence-electron chi connectivity index (χ1n) is 12.2. The Bertz CT molecular complexity index is 1770. The van der Waals surface area contributed by atoms with Crippen LogP contribution in [0.4, 0.5) is 0 Å². The van der Waals surface area contributed by atoms with Crippen LogP contribution in [0.25, 0.3) is 38.9 Å². The van der Waals surface area contributed by atoms with Crippen LogP contribution in [0.2, 0.25) is 0 Å². The van der Waals surface area contributed by atoms with Crippen molar-refractivity contribution in [3.05, 3.63) is 78.1 Å². The Labute approximate surface area is 222 Å². The number of hydrogen-bond donors (Lipinski definition) is 3. The SMILES string of the molecule is COc1cc2c(-c3cc4cccnc4[nH]3)cn(C)c2cc1OCC(=O)NC1=CCOc2c(C(=O)O)cccc21. The summed E-state index contributed by atoms with van der Waals surface area (Å²) in [5.74, 6) is -0.383. The first-order chi connectivity index (χ1) is 18.9. The molecule has 0 spiro atoms. The fourth-order valence-corrected chi connectivity index (χ4v) is 4.82. The number of H-pyrrole nitrogens is 1. The molecule has 1 aliphatic rings. The molecule has 196 valence electrons. The average Bonchev–Trinajstić information content (AvgIpc) is 3.51. The molecule has 1 aliphatic heterocycles. The van der Waals surface area contributed by atoms with Gasteiger partial charge < -0.3 is 34.2 Å². The number of carbonyl (C=O) groups is 2. The third-order valence-corrected chi connectivity index (χ3v) is 6.64. The van der Waals surface area contributed by atoms with E-state index in [0.29, 0.717) is 22.8 Å². The quantitative estimate of drug-likeness (QED) is 0.289. The van der Waals surface area contributed by atoms with E-state index in [1.807, 2.05) is 42.1 Å². The van der Waals surface area contributed by atoms with Gasteiger partial charge in [0.15, 0.2) is 18.1 Å². The van der Waals surface area contributed by atoms with Gasteiger partial charge in [-0.3, -0.25) is 4.79 Å². The zero-order chi connectivity index (χ0) is 27.1. The van der Waals surface area contributed by atoms with Crippen LogP contribution in [0, 0.1) is 0 Å². The van der Waals surface area contributed by atoms with Crippen molar-refractivity contribution < 1.29 is 28.9 Å². The summed E-state index contributed by atoms with van der Waals surface area (Å²) in [6.07, 6.45) is 5.45. The average molecular weight is 525 g/mol. The minimum Gasteiger partial charge on any atom is -0.493 e. The van der Waals surface area contributed by atoms with Gasteiger partial charge in [0.05, 0.1) is 18.3 Å². The largest absolute Gasteiger partial charge is 0.493 e. The molecule has 0 unspecified atom stereocenters. The standard InChI is InChI=1S/C29H24N4O6/c1-33-14-20(22-11-16-5-4-9-30-28(16)32-22)19-12-24(37-2)25(13-23(19)33)39-15-26(34)31-21-8-10-38-27-17(21)6-3-7-18(27)29(35)36/h3-9,11-14H,10,15H2,1-2H3,(H,30,32)(H,31,34)(H,35,36). The van der Waals surface area contributed by atoms with Crippen LogP contribution in [0.15, 0.2) is 67.0 Å². The molecule has 10 heteroatoms. The van der Waals surface area contributed by atoms with E-state index < -0.39 is 11.9 Å². The van der Waals surface area contributed by atoms with Gasteiger partial charge in [-0.25, -0.2) is 9.78 Å². The van der Waals surface area contributed by atoms with Gasteiger partial charge in [0, 0.05) is 53.1 Å². The van der Waals surface area contributed by atoms with Gasteiger partial charge in [0.2, 0.25) is 0 Å². The van der Waals surface area contributed by atoms with Gasteiger partial charge >= 0.3 is 5.97 Å². The lowest BCUT2D eigenvalue weighted by Gasteiger charge is -2.21. The summed E-state index contributed by atoms with van der Waals surface area (Å²) in [6, 6.07) is 14.5. The van der Waals surface area contributed by atoms with Crippen molar-refractivity contribution in [2.24, 2.45) is 7.05 Å². The van der Waals surface area contributed by atoms with E-state index in [1.165, 1.54) is 6.07 Å². The van der Waals surface area contributed by atoms with Crippen LogP contribution in [0.3, 0.4) is 0 Å². The van der Waals surface area contributed by atoms with Crippen LogP contribution in [-0.2, 0) is 11.8 Å². The molecule has 6 rings (SSSR count). The number of rotatable bonds is 7. The Morgan fingerprint density at radius 1 is 1.15 bits per heavy atom. The fraction of sp³-hybridized carbons (Fsp3) is 0.138. The zero-order valence-electron chi connectivity index (χ0n) is 21.1. The third kappa shape index (κ3) is 4.31. The second-order valence-corrected chi connectivity index (χ2v) is 9.05. The predicted molar refractivity (Wildman–Crippen MR) is 145 cm³/mol. The molecule has 0 fully saturated rings. The maximum Gasteiger partial charge on any atom is 0.339 e. The number of benzene rings is 2. The lowest BCUT2D eigenvalue weighted by molar-refractivity contribution is -0.121. The zero-order valence-corrected chi connectivity index (χ0v) is 21.1. The number of aromatic nitrogens is 3. The number of fused-ring (bicyclic) bond motifs is 3. The molecule has 4 heterocycles. The van der Waals surface area contributed by atoms with Crippen LogP contribution in [0.1, 0.15) is 15.9 Å². The van der Waals surface area contributed by atoms with Crippen molar-refractivity contribution in [3.8, 4) is 28.5 Å². The summed E-state index contributed by atoms with van der Waals surface area (Å²) in [6.45, 7) is -0.139. The molecule has 1 amide bonds. The highest BCUT2D eigenvalue weighted by Gasteiger charge is 2.22. The van der Waals surface area contributed by atoms with E-state index in [1.54, 1.807) is 31.5 Å². The first-order valence-corrected chi connectivity index (χ1v) is 12.2. The van der Waals surface area contributed by atoms with Crippen LogP contribution in [-0.4, -0.2) is 51.8 Å². The van der Waals surface area contributed by atoms with Gasteiger partial charge in [0.25, 0.3) is 5.91 Å². The summed E-state index contributed by atoms with van der Waals surface area (Å²) in [5, 5.41) is 14.2. The molecular weight excluding hydrogens is 500 g/mol. The molecule has 10 nitrogen and oxygen atoms in total. The third-order valence-electron chi connectivity index (χ3n) is 6.64. The number of aromatic carboxylic acids is 1. The van der Waals surface area contributed by atoms with Crippen molar-refractivity contribution in [3.63, 3.8) is 0 Å². The molecule has 0 atom stereocenters. The first kappa shape index (κ1) is 24.1. The topological polar surface area (TPSA) is 128 Å². The van der Waals surface area contributed by atoms with E-state index in [-0.39, 0.29) is 24.5 Å². The maximum atomic E-state index is 12.8. The van der Waals surface area contributed by atoms with E-state index in [2.05, 4.69) is 21.4 Å². The number of carboxylic acid groups (broad SMARTS) is 1. The Morgan fingerprint density at radius 3 is 2.82 bits per heavy atom. The van der Waals surface area contributed by atoms with Gasteiger partial charge in [0.1, 0.15) is 23.6 Å². The molecule has 0 aliphatic carbocycles. The van der Waals surface area contributed by atoms with E-state index >= 15 is 0 Å². The fourth-order valence-electron chi connectivity index (χ4n) is 4.82. The summed E-state index contributed by atoms with van der Waals surface area (Å²) < 4.78 is 19.0. The smallest absolute Gasteiger partial charge is 0.339 e. The summed E-state index contributed by atoms with van der Waals surface area (Å²) in [5.41, 5.74) is 4.62. The maximum absolute atomic E-state index is 12.8. The van der Waals surface area contributed by atoms with Crippen molar-refractivity contribution in [1.82, 2.24) is 19.9 Å². The van der Waals surface area contributed by atoms with Gasteiger partial charge in [-0.2, -0.15) is 0 Å². The Kier molecular flexibility index (Phi) is 5.91. The number of carboxylic acids is 1. The highest BCUT2D eigenvalue weighted by atomic mass is 16.5. The van der Waals surface area contributed by atoms with Crippen LogP contribution in [0.5, 0.6) is 17.2 Å². The summed E-state index contributed by atoms with van der Waals surface area (Å²) >= 11 is 0. The van der Waals surface area contributed by atoms with Gasteiger partial charge in [-0.1, -0.05) is 6.07 Å². The summed E-state index contributed by atoms with van der Waals surface area (Å²) in [4.78, 5) is 32.1. The molecule has 0 saturated heterocycles. The number of nitrogens with zero attached hydrogens (tertiary/aromatic N) is 2.